The van der Waals surface area contributed by atoms with Crippen LogP contribution in [0.15, 0.2) is 65.6 Å². The van der Waals surface area contributed by atoms with Crippen molar-refractivity contribution in [1.82, 2.24) is 15.1 Å². The van der Waals surface area contributed by atoms with Gasteiger partial charge < -0.3 is 14.0 Å². The number of hydrogen-bond donors (Lipinski definition) is 0. The maximum absolute atomic E-state index is 12.9. The van der Waals surface area contributed by atoms with Gasteiger partial charge in [0.15, 0.2) is 0 Å². The van der Waals surface area contributed by atoms with Crippen LogP contribution in [-0.2, 0) is 4.79 Å². The SMILES string of the molecule is COc1cc(OC)cc(N(C(C)=O)c2onc(-c3cccc(C)c3)c2-c2ccncn2)c1. The highest BCUT2D eigenvalue weighted by Gasteiger charge is 2.29. The van der Waals surface area contributed by atoms with Crippen molar-refractivity contribution in [2.75, 3.05) is 19.1 Å². The fourth-order valence-electron chi connectivity index (χ4n) is 3.46. The molecule has 8 nitrogen and oxygen atoms in total. The van der Waals surface area contributed by atoms with Crippen molar-refractivity contribution < 1.29 is 18.8 Å². The zero-order valence-electron chi connectivity index (χ0n) is 18.2. The van der Waals surface area contributed by atoms with Gasteiger partial charge in [-0.3, -0.25) is 4.79 Å². The minimum Gasteiger partial charge on any atom is -0.497 e. The number of anilines is 2. The number of hydrogen-bond acceptors (Lipinski definition) is 7. The molecule has 2 heterocycles. The van der Waals surface area contributed by atoms with Gasteiger partial charge in [0.1, 0.15) is 23.5 Å². The molecular weight excluding hydrogens is 408 g/mol. The summed E-state index contributed by atoms with van der Waals surface area (Å²) in [5, 5.41) is 4.33. The summed E-state index contributed by atoms with van der Waals surface area (Å²) in [6.07, 6.45) is 3.07. The standard InChI is InChI=1S/C24H22N4O4/c1-15-6-5-7-17(10-15)23-22(21-8-9-25-14-26-21)24(32-27-23)28(16(2)29)18-11-19(30-3)13-20(12-18)31-4/h5-14H,1-4H3. The van der Waals surface area contributed by atoms with Gasteiger partial charge in [-0.05, 0) is 19.1 Å². The second-order valence-electron chi connectivity index (χ2n) is 7.10. The zero-order chi connectivity index (χ0) is 22.7. The van der Waals surface area contributed by atoms with Gasteiger partial charge >= 0.3 is 0 Å². The molecule has 0 aliphatic heterocycles. The van der Waals surface area contributed by atoms with E-state index in [9.17, 15) is 4.79 Å². The Hall–Kier alpha value is -4.20. The first kappa shape index (κ1) is 21.0. The maximum Gasteiger partial charge on any atom is 0.248 e. The highest BCUT2D eigenvalue weighted by atomic mass is 16.5. The summed E-state index contributed by atoms with van der Waals surface area (Å²) in [4.78, 5) is 22.7. The average molecular weight is 430 g/mol. The Morgan fingerprint density at radius 2 is 1.78 bits per heavy atom. The molecule has 0 saturated carbocycles. The minimum atomic E-state index is -0.275. The number of methoxy groups -OCH3 is 2. The highest BCUT2D eigenvalue weighted by Crippen LogP contribution is 2.42. The number of amides is 1. The van der Waals surface area contributed by atoms with Crippen LogP contribution in [0.3, 0.4) is 0 Å². The van der Waals surface area contributed by atoms with Gasteiger partial charge in [0.2, 0.25) is 11.8 Å². The van der Waals surface area contributed by atoms with Gasteiger partial charge in [-0.15, -0.1) is 0 Å². The summed E-state index contributed by atoms with van der Waals surface area (Å²) in [5.41, 5.74) is 4.16. The lowest BCUT2D eigenvalue weighted by Gasteiger charge is -2.20. The molecule has 0 aliphatic rings. The van der Waals surface area contributed by atoms with Gasteiger partial charge in [0.05, 0.1) is 31.2 Å². The normalized spacial score (nSPS) is 10.6. The van der Waals surface area contributed by atoms with Crippen molar-refractivity contribution in [3.8, 4) is 34.0 Å². The fourth-order valence-corrected chi connectivity index (χ4v) is 3.46. The predicted octanol–water partition coefficient (Wildman–Crippen LogP) is 4.81. The molecule has 0 spiro atoms. The summed E-state index contributed by atoms with van der Waals surface area (Å²) in [7, 11) is 3.10. The Bertz CT molecular complexity index is 1230. The minimum absolute atomic E-state index is 0.239. The highest BCUT2D eigenvalue weighted by molar-refractivity contribution is 6.03. The summed E-state index contributed by atoms with van der Waals surface area (Å²) >= 11 is 0. The molecule has 0 unspecified atom stereocenters. The third-order valence-electron chi connectivity index (χ3n) is 4.92. The van der Waals surface area contributed by atoms with E-state index in [0.29, 0.717) is 34.1 Å². The number of rotatable bonds is 6. The van der Waals surface area contributed by atoms with Crippen molar-refractivity contribution in [2.45, 2.75) is 13.8 Å². The molecule has 8 heteroatoms. The van der Waals surface area contributed by atoms with E-state index in [-0.39, 0.29) is 11.8 Å². The Morgan fingerprint density at radius 3 is 2.38 bits per heavy atom. The molecule has 4 aromatic rings. The number of aryl methyl sites for hydroxylation is 1. The van der Waals surface area contributed by atoms with E-state index in [1.165, 1.54) is 18.2 Å². The molecule has 0 N–H and O–H groups in total. The van der Waals surface area contributed by atoms with Crippen molar-refractivity contribution in [3.05, 3.63) is 66.6 Å². The van der Waals surface area contributed by atoms with E-state index in [1.54, 1.807) is 44.7 Å². The van der Waals surface area contributed by atoms with Crippen LogP contribution in [0.1, 0.15) is 12.5 Å². The van der Waals surface area contributed by atoms with Gasteiger partial charge in [-0.1, -0.05) is 28.9 Å². The summed E-state index contributed by atoms with van der Waals surface area (Å²) in [6, 6.07) is 14.8. The first-order valence-electron chi connectivity index (χ1n) is 9.88. The van der Waals surface area contributed by atoms with Crippen LogP contribution < -0.4 is 14.4 Å². The molecule has 32 heavy (non-hydrogen) atoms. The molecule has 0 aliphatic carbocycles. The number of benzene rings is 2. The van der Waals surface area contributed by atoms with Crippen LogP contribution in [-0.4, -0.2) is 35.3 Å². The Morgan fingerprint density at radius 1 is 1.03 bits per heavy atom. The Balaban J connectivity index is 1.97. The molecule has 0 atom stereocenters. The molecule has 0 saturated heterocycles. The molecule has 4 rings (SSSR count). The number of nitrogens with zero attached hydrogens (tertiary/aromatic N) is 4. The third-order valence-corrected chi connectivity index (χ3v) is 4.92. The third kappa shape index (κ3) is 4.02. The first-order chi connectivity index (χ1) is 15.5. The topological polar surface area (TPSA) is 90.6 Å². The number of ether oxygens (including phenoxy) is 2. The molecular formula is C24H22N4O4. The molecule has 162 valence electrons. The van der Waals surface area contributed by atoms with E-state index in [2.05, 4.69) is 15.1 Å². The maximum atomic E-state index is 12.9. The molecule has 0 bridgehead atoms. The van der Waals surface area contributed by atoms with Gasteiger partial charge in [0.25, 0.3) is 0 Å². The summed E-state index contributed by atoms with van der Waals surface area (Å²) in [5.74, 6) is 1.03. The van der Waals surface area contributed by atoms with Crippen LogP contribution in [0.4, 0.5) is 11.6 Å². The fraction of sp³-hybridized carbons (Fsp3) is 0.167. The van der Waals surface area contributed by atoms with E-state index in [0.717, 1.165) is 11.1 Å². The number of carbonyl (C=O) groups excluding carboxylic acids is 1. The van der Waals surface area contributed by atoms with Gasteiger partial charge in [-0.2, -0.15) is 0 Å². The van der Waals surface area contributed by atoms with Crippen molar-refractivity contribution >= 4 is 17.5 Å². The Kier molecular flexibility index (Phi) is 5.85. The van der Waals surface area contributed by atoms with Gasteiger partial charge in [0, 0.05) is 36.9 Å². The lowest BCUT2D eigenvalue weighted by atomic mass is 10.0. The quantitative estimate of drug-likeness (QED) is 0.434. The predicted molar refractivity (Wildman–Crippen MR) is 120 cm³/mol. The van der Waals surface area contributed by atoms with Gasteiger partial charge in [-0.25, -0.2) is 14.9 Å². The molecule has 0 radical (unpaired) electrons. The molecule has 2 aromatic heterocycles. The summed E-state index contributed by atoms with van der Waals surface area (Å²) < 4.78 is 16.5. The summed E-state index contributed by atoms with van der Waals surface area (Å²) in [6.45, 7) is 3.45. The molecule has 2 aromatic carbocycles. The zero-order valence-corrected chi connectivity index (χ0v) is 18.2. The number of aromatic nitrogens is 3. The monoisotopic (exact) mass is 430 g/mol. The van der Waals surface area contributed by atoms with Crippen LogP contribution in [0.25, 0.3) is 22.5 Å². The van der Waals surface area contributed by atoms with E-state index in [4.69, 9.17) is 14.0 Å². The molecule has 0 fully saturated rings. The lowest BCUT2D eigenvalue weighted by molar-refractivity contribution is -0.116. The largest absolute Gasteiger partial charge is 0.497 e. The van der Waals surface area contributed by atoms with Crippen LogP contribution in [0, 0.1) is 6.92 Å². The second kappa shape index (κ2) is 8.89. The van der Waals surface area contributed by atoms with E-state index in [1.807, 2.05) is 31.2 Å². The smallest absolute Gasteiger partial charge is 0.248 e. The Labute approximate surface area is 185 Å². The van der Waals surface area contributed by atoms with Crippen molar-refractivity contribution in [2.24, 2.45) is 0 Å². The average Bonchev–Trinajstić information content (AvgIpc) is 3.23. The van der Waals surface area contributed by atoms with Crippen LogP contribution in [0.2, 0.25) is 0 Å². The van der Waals surface area contributed by atoms with Crippen molar-refractivity contribution in [3.63, 3.8) is 0 Å². The van der Waals surface area contributed by atoms with E-state index < -0.39 is 0 Å². The number of carbonyl (C=O) groups is 1. The van der Waals surface area contributed by atoms with Crippen LogP contribution >= 0.6 is 0 Å². The van der Waals surface area contributed by atoms with Crippen LogP contribution in [0.5, 0.6) is 11.5 Å². The molecule has 1 amide bonds. The van der Waals surface area contributed by atoms with E-state index >= 15 is 0 Å². The first-order valence-corrected chi connectivity index (χ1v) is 9.88. The van der Waals surface area contributed by atoms with Crippen molar-refractivity contribution in [1.29, 1.82) is 0 Å². The lowest BCUT2D eigenvalue weighted by Crippen LogP contribution is -2.23. The second-order valence-corrected chi connectivity index (χ2v) is 7.10.